The second-order valence-electron chi connectivity index (χ2n) is 8.76. The Morgan fingerprint density at radius 2 is 1.61 bits per heavy atom. The molecule has 3 aliphatic rings. The third kappa shape index (κ3) is 4.32. The lowest BCUT2D eigenvalue weighted by atomic mass is 9.65. The summed E-state index contributed by atoms with van der Waals surface area (Å²) in [5.41, 5.74) is 7.16. The van der Waals surface area contributed by atoms with Crippen molar-refractivity contribution in [1.82, 2.24) is 10.2 Å². The monoisotopic (exact) mass is 384 g/mol. The highest BCUT2D eigenvalue weighted by Gasteiger charge is 2.42. The molecule has 152 valence electrons. The van der Waals surface area contributed by atoms with Crippen LogP contribution in [0.15, 0.2) is 30.3 Å². The van der Waals surface area contributed by atoms with E-state index in [9.17, 15) is 9.59 Å². The molecule has 1 saturated heterocycles. The summed E-state index contributed by atoms with van der Waals surface area (Å²) in [5, 5.41) is 5.90. The van der Waals surface area contributed by atoms with E-state index in [1.54, 1.807) is 0 Å². The smallest absolute Gasteiger partial charge is 0.319 e. The zero-order valence-electron chi connectivity index (χ0n) is 16.5. The SMILES string of the molecule is NC1C2CCCC1CC(C(=O)N1CCC(NC(=O)Nc3ccccc3)CC1)C2. The van der Waals surface area contributed by atoms with Crippen LogP contribution in [0.3, 0.4) is 0 Å². The van der Waals surface area contributed by atoms with Crippen LogP contribution in [0.2, 0.25) is 0 Å². The number of hydrogen-bond donors (Lipinski definition) is 3. The van der Waals surface area contributed by atoms with Crippen molar-refractivity contribution in [2.45, 2.75) is 57.0 Å². The maximum absolute atomic E-state index is 13.0. The van der Waals surface area contributed by atoms with E-state index in [0.29, 0.717) is 23.8 Å². The molecule has 2 bridgehead atoms. The number of anilines is 1. The normalized spacial score (nSPS) is 30.5. The van der Waals surface area contributed by atoms with Crippen molar-refractivity contribution in [2.24, 2.45) is 23.5 Å². The predicted octanol–water partition coefficient (Wildman–Crippen LogP) is 2.95. The number of urea groups is 1. The Kier molecular flexibility index (Phi) is 5.85. The van der Waals surface area contributed by atoms with Gasteiger partial charge in [-0.15, -0.1) is 0 Å². The number of carbonyl (C=O) groups is 2. The second kappa shape index (κ2) is 8.52. The van der Waals surface area contributed by atoms with Gasteiger partial charge in [0, 0.05) is 36.8 Å². The Labute approximate surface area is 167 Å². The third-order valence-corrected chi connectivity index (χ3v) is 6.94. The lowest BCUT2D eigenvalue weighted by molar-refractivity contribution is -0.139. The Hall–Kier alpha value is -2.08. The second-order valence-corrected chi connectivity index (χ2v) is 8.76. The van der Waals surface area contributed by atoms with E-state index >= 15 is 0 Å². The summed E-state index contributed by atoms with van der Waals surface area (Å²) in [6.45, 7) is 1.46. The van der Waals surface area contributed by atoms with E-state index in [1.807, 2.05) is 35.2 Å². The molecule has 4 N–H and O–H groups in total. The van der Waals surface area contributed by atoms with E-state index in [4.69, 9.17) is 5.73 Å². The number of piperidine rings is 1. The van der Waals surface area contributed by atoms with Crippen molar-refractivity contribution < 1.29 is 9.59 Å². The topological polar surface area (TPSA) is 87.5 Å². The molecule has 0 spiro atoms. The van der Waals surface area contributed by atoms with Crippen LogP contribution in [-0.4, -0.2) is 42.0 Å². The molecule has 2 atom stereocenters. The van der Waals surface area contributed by atoms with Gasteiger partial charge < -0.3 is 21.3 Å². The standard InChI is InChI=1S/C22H32N4O2/c23-20-15-5-4-6-16(20)14-17(13-15)21(27)26-11-9-19(10-12-26)25-22(28)24-18-7-2-1-3-8-18/h1-3,7-8,15-17,19-20H,4-6,9-14,23H2,(H2,24,25,28). The molecule has 1 aliphatic heterocycles. The summed E-state index contributed by atoms with van der Waals surface area (Å²) in [7, 11) is 0. The molecule has 2 saturated carbocycles. The van der Waals surface area contributed by atoms with Gasteiger partial charge >= 0.3 is 6.03 Å². The van der Waals surface area contributed by atoms with Gasteiger partial charge in [-0.2, -0.15) is 0 Å². The van der Waals surface area contributed by atoms with Crippen LogP contribution >= 0.6 is 0 Å². The number of carbonyl (C=O) groups excluding carboxylic acids is 2. The Balaban J connectivity index is 1.24. The molecule has 1 heterocycles. The number of likely N-dealkylation sites (tertiary alicyclic amines) is 1. The van der Waals surface area contributed by atoms with Gasteiger partial charge in [-0.05, 0) is 62.5 Å². The first-order valence-electron chi connectivity index (χ1n) is 10.8. The lowest BCUT2D eigenvalue weighted by Crippen LogP contribution is -2.52. The maximum atomic E-state index is 13.0. The summed E-state index contributed by atoms with van der Waals surface area (Å²) < 4.78 is 0. The first-order chi connectivity index (χ1) is 13.6. The fraction of sp³-hybridized carbons (Fsp3) is 0.636. The van der Waals surface area contributed by atoms with Gasteiger partial charge in [0.25, 0.3) is 0 Å². The van der Waals surface area contributed by atoms with Crippen LogP contribution in [0.5, 0.6) is 0 Å². The molecule has 2 unspecified atom stereocenters. The molecule has 1 aromatic carbocycles. The molecule has 3 fully saturated rings. The van der Waals surface area contributed by atoms with Crippen molar-refractivity contribution in [3.63, 3.8) is 0 Å². The molecular weight excluding hydrogens is 352 g/mol. The van der Waals surface area contributed by atoms with Crippen LogP contribution in [0.1, 0.15) is 44.9 Å². The van der Waals surface area contributed by atoms with Crippen molar-refractivity contribution in [2.75, 3.05) is 18.4 Å². The van der Waals surface area contributed by atoms with Crippen molar-refractivity contribution in [1.29, 1.82) is 0 Å². The van der Waals surface area contributed by atoms with Gasteiger partial charge in [-0.1, -0.05) is 24.6 Å². The minimum Gasteiger partial charge on any atom is -0.342 e. The number of nitrogens with two attached hydrogens (primary N) is 1. The van der Waals surface area contributed by atoms with E-state index in [0.717, 1.165) is 44.5 Å². The van der Waals surface area contributed by atoms with Gasteiger partial charge in [0.05, 0.1) is 0 Å². The number of nitrogens with one attached hydrogen (secondary N) is 2. The number of para-hydroxylation sites is 1. The summed E-state index contributed by atoms with van der Waals surface area (Å²) >= 11 is 0. The minimum atomic E-state index is -0.176. The molecule has 28 heavy (non-hydrogen) atoms. The first-order valence-corrected chi connectivity index (χ1v) is 10.8. The lowest BCUT2D eigenvalue weighted by Gasteiger charge is -2.45. The van der Waals surface area contributed by atoms with Gasteiger partial charge in [-0.25, -0.2) is 4.79 Å². The predicted molar refractivity (Wildman–Crippen MR) is 110 cm³/mol. The average Bonchev–Trinajstić information content (AvgIpc) is 2.68. The van der Waals surface area contributed by atoms with Crippen LogP contribution < -0.4 is 16.4 Å². The molecule has 6 heteroatoms. The van der Waals surface area contributed by atoms with Crippen molar-refractivity contribution in [3.05, 3.63) is 30.3 Å². The van der Waals surface area contributed by atoms with Gasteiger partial charge in [-0.3, -0.25) is 4.79 Å². The van der Waals surface area contributed by atoms with E-state index in [-0.39, 0.29) is 18.0 Å². The summed E-state index contributed by atoms with van der Waals surface area (Å²) in [6, 6.07) is 9.69. The van der Waals surface area contributed by atoms with Crippen LogP contribution in [-0.2, 0) is 4.79 Å². The summed E-state index contributed by atoms with van der Waals surface area (Å²) in [4.78, 5) is 27.2. The average molecular weight is 385 g/mol. The quantitative estimate of drug-likeness (QED) is 0.749. The van der Waals surface area contributed by atoms with Crippen molar-refractivity contribution >= 4 is 17.6 Å². The highest BCUT2D eigenvalue weighted by molar-refractivity contribution is 5.89. The molecule has 0 radical (unpaired) electrons. The highest BCUT2D eigenvalue weighted by atomic mass is 16.2. The van der Waals surface area contributed by atoms with Crippen LogP contribution in [0.25, 0.3) is 0 Å². The fourth-order valence-electron chi connectivity index (χ4n) is 5.37. The Morgan fingerprint density at radius 3 is 2.25 bits per heavy atom. The minimum absolute atomic E-state index is 0.118. The first kappa shape index (κ1) is 19.2. The van der Waals surface area contributed by atoms with E-state index in [1.165, 1.54) is 19.3 Å². The Bertz CT molecular complexity index is 673. The zero-order chi connectivity index (χ0) is 19.5. The van der Waals surface area contributed by atoms with Crippen LogP contribution in [0.4, 0.5) is 10.5 Å². The third-order valence-electron chi connectivity index (χ3n) is 6.94. The van der Waals surface area contributed by atoms with Crippen LogP contribution in [0, 0.1) is 17.8 Å². The number of nitrogens with zero attached hydrogens (tertiary/aromatic N) is 1. The molecule has 1 aromatic rings. The van der Waals surface area contributed by atoms with Crippen molar-refractivity contribution in [3.8, 4) is 0 Å². The van der Waals surface area contributed by atoms with Gasteiger partial charge in [0.1, 0.15) is 0 Å². The summed E-state index contributed by atoms with van der Waals surface area (Å²) in [6.07, 6.45) is 7.20. The molecule has 2 aliphatic carbocycles. The molecule has 3 amide bonds. The summed E-state index contributed by atoms with van der Waals surface area (Å²) in [5.74, 6) is 1.53. The van der Waals surface area contributed by atoms with Gasteiger partial charge in [0.15, 0.2) is 0 Å². The molecule has 0 aromatic heterocycles. The largest absolute Gasteiger partial charge is 0.342 e. The molecule has 4 rings (SSSR count). The maximum Gasteiger partial charge on any atom is 0.319 e. The number of fused-ring (bicyclic) bond motifs is 2. The molecular formula is C22H32N4O2. The van der Waals surface area contributed by atoms with E-state index in [2.05, 4.69) is 10.6 Å². The van der Waals surface area contributed by atoms with E-state index < -0.39 is 0 Å². The highest BCUT2D eigenvalue weighted by Crippen LogP contribution is 2.42. The number of rotatable bonds is 3. The molecule has 6 nitrogen and oxygen atoms in total. The fourth-order valence-corrected chi connectivity index (χ4v) is 5.37. The number of hydrogen-bond acceptors (Lipinski definition) is 3. The van der Waals surface area contributed by atoms with Gasteiger partial charge in [0.2, 0.25) is 5.91 Å². The number of amides is 3. The Morgan fingerprint density at radius 1 is 0.964 bits per heavy atom. The zero-order valence-corrected chi connectivity index (χ0v) is 16.5. The number of benzene rings is 1.